The Balaban J connectivity index is 1.68. The molecule has 2 N–H and O–H groups in total. The highest BCUT2D eigenvalue weighted by molar-refractivity contribution is 7.08. The average Bonchev–Trinajstić information content (AvgIpc) is 3.28. The molecule has 1 amide bonds. The number of nitrogens with one attached hydrogen (secondary N) is 2. The summed E-state index contributed by atoms with van der Waals surface area (Å²) in [7, 11) is 1.57. The zero-order valence-corrected chi connectivity index (χ0v) is 13.4. The van der Waals surface area contributed by atoms with E-state index in [0.29, 0.717) is 18.9 Å². The number of rotatable bonds is 7. The van der Waals surface area contributed by atoms with Crippen molar-refractivity contribution < 1.29 is 9.53 Å². The molecule has 3 heterocycles. The summed E-state index contributed by atoms with van der Waals surface area (Å²) in [5.41, 5.74) is 1.11. The van der Waals surface area contributed by atoms with Crippen LogP contribution in [0.4, 0.5) is 5.95 Å². The van der Waals surface area contributed by atoms with Crippen molar-refractivity contribution in [2.45, 2.75) is 19.1 Å². The quantitative estimate of drug-likeness (QED) is 0.696. The van der Waals surface area contributed by atoms with Crippen molar-refractivity contribution in [3.05, 3.63) is 52.7 Å². The van der Waals surface area contributed by atoms with Crippen molar-refractivity contribution in [1.82, 2.24) is 19.7 Å². The summed E-state index contributed by atoms with van der Waals surface area (Å²) in [6.07, 6.45) is 4.22. The monoisotopic (exact) mass is 331 g/mol. The van der Waals surface area contributed by atoms with Crippen molar-refractivity contribution in [1.29, 1.82) is 0 Å². The average molecular weight is 331 g/mol. The second kappa shape index (κ2) is 7.21. The minimum Gasteiger partial charge on any atom is -0.377 e. The van der Waals surface area contributed by atoms with Crippen molar-refractivity contribution in [3.63, 3.8) is 0 Å². The van der Waals surface area contributed by atoms with E-state index < -0.39 is 0 Å². The summed E-state index contributed by atoms with van der Waals surface area (Å²) in [6, 6.07) is 5.88. The first-order chi connectivity index (χ1) is 11.3. The smallest absolute Gasteiger partial charge is 0.248 e. The van der Waals surface area contributed by atoms with Crippen LogP contribution < -0.4 is 5.32 Å². The summed E-state index contributed by atoms with van der Waals surface area (Å²) < 4.78 is 6.98. The lowest BCUT2D eigenvalue weighted by atomic mass is 10.1. The molecule has 0 bridgehead atoms. The molecular formula is C15H17N5O2S. The molecule has 3 aromatic rings. The molecule has 3 rings (SSSR count). The molecule has 0 unspecified atom stereocenters. The number of ether oxygens (including phenoxy) is 1. The lowest BCUT2D eigenvalue weighted by molar-refractivity contribution is -0.116. The van der Waals surface area contributed by atoms with Crippen molar-refractivity contribution in [2.24, 2.45) is 0 Å². The molecule has 0 radical (unpaired) electrons. The van der Waals surface area contributed by atoms with E-state index >= 15 is 0 Å². The number of aromatic amines is 1. The maximum Gasteiger partial charge on any atom is 0.248 e. The number of hydrogen-bond donors (Lipinski definition) is 2. The molecule has 7 nitrogen and oxygen atoms in total. The van der Waals surface area contributed by atoms with Gasteiger partial charge in [0.05, 0.1) is 12.5 Å². The number of carbonyl (C=O) groups excluding carboxylic acids is 1. The number of methoxy groups -OCH3 is 1. The Hall–Kier alpha value is -2.45. The number of hydrogen-bond acceptors (Lipinski definition) is 5. The van der Waals surface area contributed by atoms with Gasteiger partial charge in [0.25, 0.3) is 0 Å². The topological polar surface area (TPSA) is 84.8 Å². The van der Waals surface area contributed by atoms with E-state index in [4.69, 9.17) is 4.74 Å². The maximum absolute atomic E-state index is 12.3. The molecule has 0 fully saturated rings. The number of carbonyl (C=O) groups is 1. The molecule has 0 spiro atoms. The van der Waals surface area contributed by atoms with E-state index in [-0.39, 0.29) is 17.9 Å². The molecule has 23 heavy (non-hydrogen) atoms. The number of aromatic nitrogens is 4. The maximum atomic E-state index is 12.3. The van der Waals surface area contributed by atoms with E-state index in [1.807, 2.05) is 40.5 Å². The number of nitrogens with zero attached hydrogens (tertiary/aromatic N) is 3. The minimum absolute atomic E-state index is 0.0476. The van der Waals surface area contributed by atoms with Crippen LogP contribution in [0, 0.1) is 0 Å². The molecule has 3 aromatic heterocycles. The first kappa shape index (κ1) is 15.4. The Labute approximate surface area is 137 Å². The summed E-state index contributed by atoms with van der Waals surface area (Å²) in [5.74, 6) is 0.694. The van der Waals surface area contributed by atoms with E-state index in [1.54, 1.807) is 18.4 Å². The third-order valence-electron chi connectivity index (χ3n) is 3.36. The van der Waals surface area contributed by atoms with Crippen molar-refractivity contribution >= 4 is 23.2 Å². The lowest BCUT2D eigenvalue weighted by Crippen LogP contribution is -2.19. The summed E-state index contributed by atoms with van der Waals surface area (Å²) >= 11 is 1.62. The van der Waals surface area contributed by atoms with Gasteiger partial charge in [-0.2, -0.15) is 16.3 Å². The normalized spacial score (nSPS) is 12.2. The van der Waals surface area contributed by atoms with Crippen LogP contribution in [0.15, 0.2) is 41.4 Å². The fourth-order valence-electron chi connectivity index (χ4n) is 2.32. The van der Waals surface area contributed by atoms with E-state index in [9.17, 15) is 4.79 Å². The minimum atomic E-state index is -0.141. The van der Waals surface area contributed by atoms with E-state index in [1.165, 1.54) is 0 Å². The fraction of sp³-hybridized carbons (Fsp3) is 0.267. The Kier molecular flexibility index (Phi) is 4.84. The van der Waals surface area contributed by atoms with Gasteiger partial charge in [0.15, 0.2) is 5.82 Å². The fourth-order valence-corrected chi connectivity index (χ4v) is 3.03. The van der Waals surface area contributed by atoms with Crippen LogP contribution >= 0.6 is 11.3 Å². The highest BCUT2D eigenvalue weighted by atomic mass is 32.1. The second-order valence-corrected chi connectivity index (χ2v) is 5.77. The lowest BCUT2D eigenvalue weighted by Gasteiger charge is -2.17. The van der Waals surface area contributed by atoms with Crippen LogP contribution in [0.1, 0.15) is 23.9 Å². The second-order valence-electron chi connectivity index (χ2n) is 4.99. The molecule has 8 heteroatoms. The number of anilines is 1. The van der Waals surface area contributed by atoms with Gasteiger partial charge in [-0.05, 0) is 34.5 Å². The molecule has 0 aliphatic heterocycles. The van der Waals surface area contributed by atoms with Crippen molar-refractivity contribution in [2.75, 3.05) is 12.4 Å². The van der Waals surface area contributed by atoms with Gasteiger partial charge in [-0.1, -0.05) is 0 Å². The zero-order valence-electron chi connectivity index (χ0n) is 12.6. The largest absolute Gasteiger partial charge is 0.377 e. The molecular weight excluding hydrogens is 314 g/mol. The van der Waals surface area contributed by atoms with Crippen LogP contribution in [0.3, 0.4) is 0 Å². The summed E-state index contributed by atoms with van der Waals surface area (Å²) in [5, 5.41) is 13.5. The third-order valence-corrected chi connectivity index (χ3v) is 4.06. The first-order valence-electron chi connectivity index (χ1n) is 7.11. The van der Waals surface area contributed by atoms with Gasteiger partial charge in [0, 0.05) is 19.5 Å². The highest BCUT2D eigenvalue weighted by Crippen LogP contribution is 2.24. The molecule has 1 atom stereocenters. The van der Waals surface area contributed by atoms with Gasteiger partial charge in [0.1, 0.15) is 6.61 Å². The SMILES string of the molecule is COCc1nc(NC(=O)C[C@@H](c2ccsc2)n2cccc2)n[nH]1. The van der Waals surface area contributed by atoms with Crippen LogP contribution in [0.2, 0.25) is 0 Å². The molecule has 0 aromatic carbocycles. The molecule has 0 saturated carbocycles. The van der Waals surface area contributed by atoms with Crippen molar-refractivity contribution in [3.8, 4) is 0 Å². The van der Waals surface area contributed by atoms with Crippen LogP contribution in [-0.4, -0.2) is 32.8 Å². The predicted octanol–water partition coefficient (Wildman–Crippen LogP) is 2.43. The Morgan fingerprint density at radius 3 is 3.00 bits per heavy atom. The number of thiophene rings is 1. The van der Waals surface area contributed by atoms with E-state index in [2.05, 4.69) is 25.9 Å². The zero-order chi connectivity index (χ0) is 16.1. The molecule has 120 valence electrons. The predicted molar refractivity (Wildman–Crippen MR) is 87.2 cm³/mol. The Bertz CT molecular complexity index is 702. The third kappa shape index (κ3) is 3.85. The summed E-state index contributed by atoms with van der Waals surface area (Å²) in [4.78, 5) is 16.5. The van der Waals surface area contributed by atoms with Gasteiger partial charge in [-0.25, -0.2) is 0 Å². The van der Waals surface area contributed by atoms with E-state index in [0.717, 1.165) is 5.56 Å². The van der Waals surface area contributed by atoms with Gasteiger partial charge in [-0.15, -0.1) is 5.10 Å². The molecule has 0 aliphatic rings. The van der Waals surface area contributed by atoms with Crippen LogP contribution in [0.25, 0.3) is 0 Å². The van der Waals surface area contributed by atoms with Gasteiger partial charge >= 0.3 is 0 Å². The first-order valence-corrected chi connectivity index (χ1v) is 8.05. The van der Waals surface area contributed by atoms with Gasteiger partial charge < -0.3 is 9.30 Å². The summed E-state index contributed by atoms with van der Waals surface area (Å²) in [6.45, 7) is 0.323. The number of amides is 1. The number of H-pyrrole nitrogens is 1. The van der Waals surface area contributed by atoms with Crippen LogP contribution in [-0.2, 0) is 16.1 Å². The van der Waals surface area contributed by atoms with Gasteiger partial charge in [-0.3, -0.25) is 15.2 Å². The molecule has 0 aliphatic carbocycles. The Morgan fingerprint density at radius 1 is 1.48 bits per heavy atom. The molecule has 0 saturated heterocycles. The van der Waals surface area contributed by atoms with Gasteiger partial charge in [0.2, 0.25) is 11.9 Å². The Morgan fingerprint density at radius 2 is 2.30 bits per heavy atom. The van der Waals surface area contributed by atoms with Crippen LogP contribution in [0.5, 0.6) is 0 Å². The highest BCUT2D eigenvalue weighted by Gasteiger charge is 2.18. The standard InChI is InChI=1S/C15H17N5O2S/c1-22-9-13-16-15(19-18-13)17-14(21)8-12(11-4-7-23-10-11)20-5-2-3-6-20/h2-7,10,12H,8-9H2,1H3,(H2,16,17,18,19,21)/t12-/m0/s1.